The molecule has 1 aromatic carbocycles. The minimum atomic E-state index is -0.412. The Kier molecular flexibility index (Phi) is 4.62. The van der Waals surface area contributed by atoms with Gasteiger partial charge in [0.05, 0.1) is 16.4 Å². The Balaban J connectivity index is 2.28. The highest BCUT2D eigenvalue weighted by Crippen LogP contribution is 2.27. The molecule has 0 atom stereocenters. The molecule has 1 amide bonds. The maximum atomic E-state index is 11.9. The molecule has 0 unspecified atom stereocenters. The van der Waals surface area contributed by atoms with Crippen LogP contribution in [0.2, 0.25) is 0 Å². The fraction of sp³-hybridized carbons (Fsp3) is 0.429. The summed E-state index contributed by atoms with van der Waals surface area (Å²) >= 11 is 1.40. The second-order valence-corrected chi connectivity index (χ2v) is 6.25. The van der Waals surface area contributed by atoms with Crippen molar-refractivity contribution in [3.8, 4) is 0 Å². The number of carbonyl (C=O) groups excluding carboxylic acids is 1. The van der Waals surface area contributed by atoms with E-state index < -0.39 is 4.92 Å². The van der Waals surface area contributed by atoms with Crippen molar-refractivity contribution in [2.45, 2.75) is 20.8 Å². The van der Waals surface area contributed by atoms with Crippen LogP contribution < -0.4 is 0 Å². The SMILES string of the molecule is Cc1cc(/N=C2\SCC(=O)N2CC(C)C)ccc1[N+](=O)[O-]. The summed E-state index contributed by atoms with van der Waals surface area (Å²) in [4.78, 5) is 28.4. The van der Waals surface area contributed by atoms with E-state index in [2.05, 4.69) is 4.99 Å². The fourth-order valence-corrected chi connectivity index (χ4v) is 2.96. The molecule has 0 N–H and O–H groups in total. The van der Waals surface area contributed by atoms with Crippen molar-refractivity contribution in [3.63, 3.8) is 0 Å². The highest BCUT2D eigenvalue weighted by atomic mass is 32.2. The zero-order valence-electron chi connectivity index (χ0n) is 12.2. The molecular formula is C14H17N3O3S. The van der Waals surface area contributed by atoms with Crippen LogP contribution in [0.25, 0.3) is 0 Å². The van der Waals surface area contributed by atoms with Crippen LogP contribution in [0.1, 0.15) is 19.4 Å². The van der Waals surface area contributed by atoms with Crippen LogP contribution in [0.4, 0.5) is 11.4 Å². The van der Waals surface area contributed by atoms with Crippen molar-refractivity contribution in [3.05, 3.63) is 33.9 Å². The van der Waals surface area contributed by atoms with Gasteiger partial charge in [-0.15, -0.1) is 0 Å². The lowest BCUT2D eigenvalue weighted by molar-refractivity contribution is -0.385. The van der Waals surface area contributed by atoms with Crippen LogP contribution >= 0.6 is 11.8 Å². The van der Waals surface area contributed by atoms with Gasteiger partial charge in [-0.05, 0) is 25.0 Å². The lowest BCUT2D eigenvalue weighted by Gasteiger charge is -2.18. The van der Waals surface area contributed by atoms with Gasteiger partial charge in [-0.3, -0.25) is 19.8 Å². The summed E-state index contributed by atoms with van der Waals surface area (Å²) in [5.74, 6) is 0.819. The van der Waals surface area contributed by atoms with Gasteiger partial charge in [0.2, 0.25) is 5.91 Å². The molecule has 0 bridgehead atoms. The first-order valence-corrected chi connectivity index (χ1v) is 7.64. The van der Waals surface area contributed by atoms with Crippen molar-refractivity contribution in [1.82, 2.24) is 4.90 Å². The number of amidine groups is 1. The van der Waals surface area contributed by atoms with Gasteiger partial charge in [-0.1, -0.05) is 25.6 Å². The first-order chi connectivity index (χ1) is 9.88. The largest absolute Gasteiger partial charge is 0.290 e. The third-order valence-electron chi connectivity index (χ3n) is 3.01. The van der Waals surface area contributed by atoms with Crippen molar-refractivity contribution in [2.75, 3.05) is 12.3 Å². The number of rotatable bonds is 4. The highest BCUT2D eigenvalue weighted by molar-refractivity contribution is 8.15. The molecule has 1 saturated heterocycles. The number of aryl methyl sites for hydroxylation is 1. The van der Waals surface area contributed by atoms with E-state index in [0.29, 0.717) is 34.6 Å². The lowest BCUT2D eigenvalue weighted by atomic mass is 10.2. The maximum Gasteiger partial charge on any atom is 0.272 e. The molecule has 1 heterocycles. The Morgan fingerprint density at radius 2 is 2.19 bits per heavy atom. The molecule has 1 aliphatic heterocycles. The number of amides is 1. The number of carbonyl (C=O) groups is 1. The number of aliphatic imine (C=N–C) groups is 1. The van der Waals surface area contributed by atoms with Gasteiger partial charge in [-0.2, -0.15) is 0 Å². The monoisotopic (exact) mass is 307 g/mol. The number of thioether (sulfide) groups is 1. The van der Waals surface area contributed by atoms with Gasteiger partial charge in [-0.25, -0.2) is 4.99 Å². The van der Waals surface area contributed by atoms with Gasteiger partial charge in [0.15, 0.2) is 5.17 Å². The average Bonchev–Trinajstić information content (AvgIpc) is 2.70. The maximum absolute atomic E-state index is 11.9. The Labute approximate surface area is 127 Å². The Bertz CT molecular complexity index is 613. The summed E-state index contributed by atoms with van der Waals surface area (Å²) in [5.41, 5.74) is 1.27. The molecule has 0 aromatic heterocycles. The van der Waals surface area contributed by atoms with Crippen LogP contribution in [-0.4, -0.2) is 33.2 Å². The van der Waals surface area contributed by atoms with E-state index in [1.807, 2.05) is 13.8 Å². The number of nitro benzene ring substituents is 1. The summed E-state index contributed by atoms with van der Waals surface area (Å²) < 4.78 is 0. The Morgan fingerprint density at radius 3 is 2.76 bits per heavy atom. The van der Waals surface area contributed by atoms with E-state index in [1.54, 1.807) is 24.0 Å². The van der Waals surface area contributed by atoms with E-state index >= 15 is 0 Å². The molecule has 0 spiro atoms. The smallest absolute Gasteiger partial charge is 0.272 e. The zero-order valence-corrected chi connectivity index (χ0v) is 13.0. The molecule has 112 valence electrons. The Morgan fingerprint density at radius 1 is 1.48 bits per heavy atom. The van der Waals surface area contributed by atoms with E-state index in [9.17, 15) is 14.9 Å². The first kappa shape index (κ1) is 15.5. The lowest BCUT2D eigenvalue weighted by Crippen LogP contribution is -2.32. The minimum absolute atomic E-state index is 0.0612. The number of nitrogens with zero attached hydrogens (tertiary/aromatic N) is 3. The van der Waals surface area contributed by atoms with Gasteiger partial charge in [0, 0.05) is 18.2 Å². The summed E-state index contributed by atoms with van der Waals surface area (Å²) in [6.07, 6.45) is 0. The number of hydrogen-bond acceptors (Lipinski definition) is 5. The summed E-state index contributed by atoms with van der Waals surface area (Å²) in [7, 11) is 0. The highest BCUT2D eigenvalue weighted by Gasteiger charge is 2.28. The second-order valence-electron chi connectivity index (χ2n) is 5.31. The predicted molar refractivity (Wildman–Crippen MR) is 83.9 cm³/mol. The number of nitro groups is 1. The molecule has 1 aromatic rings. The molecule has 0 saturated carbocycles. The topological polar surface area (TPSA) is 75.8 Å². The van der Waals surface area contributed by atoms with Crippen LogP contribution in [0.15, 0.2) is 23.2 Å². The van der Waals surface area contributed by atoms with Gasteiger partial charge >= 0.3 is 0 Å². The van der Waals surface area contributed by atoms with Crippen LogP contribution in [0, 0.1) is 23.0 Å². The van der Waals surface area contributed by atoms with Crippen LogP contribution in [-0.2, 0) is 4.79 Å². The Hall–Kier alpha value is -1.89. The summed E-state index contributed by atoms with van der Waals surface area (Å²) in [5, 5.41) is 11.5. The third-order valence-corrected chi connectivity index (χ3v) is 3.97. The van der Waals surface area contributed by atoms with Crippen LogP contribution in [0.5, 0.6) is 0 Å². The van der Waals surface area contributed by atoms with Crippen LogP contribution in [0.3, 0.4) is 0 Å². The van der Waals surface area contributed by atoms with E-state index in [1.165, 1.54) is 17.8 Å². The number of hydrogen-bond donors (Lipinski definition) is 0. The molecule has 1 aliphatic rings. The van der Waals surface area contributed by atoms with E-state index in [0.717, 1.165) is 0 Å². The molecule has 21 heavy (non-hydrogen) atoms. The molecular weight excluding hydrogens is 290 g/mol. The van der Waals surface area contributed by atoms with Crippen molar-refractivity contribution >= 4 is 34.2 Å². The normalized spacial score (nSPS) is 17.0. The first-order valence-electron chi connectivity index (χ1n) is 6.65. The van der Waals surface area contributed by atoms with Gasteiger partial charge < -0.3 is 0 Å². The molecule has 2 rings (SSSR count). The quantitative estimate of drug-likeness (QED) is 0.632. The summed E-state index contributed by atoms with van der Waals surface area (Å²) in [6, 6.07) is 4.72. The molecule has 7 heteroatoms. The standard InChI is InChI=1S/C14H17N3O3S/c1-9(2)7-16-13(18)8-21-14(16)15-11-4-5-12(17(19)20)10(3)6-11/h4-6,9H,7-8H2,1-3H3/b15-14-. The molecule has 0 radical (unpaired) electrons. The molecule has 6 nitrogen and oxygen atoms in total. The minimum Gasteiger partial charge on any atom is -0.290 e. The van der Waals surface area contributed by atoms with Gasteiger partial charge in [0.1, 0.15) is 0 Å². The van der Waals surface area contributed by atoms with E-state index in [4.69, 9.17) is 0 Å². The number of benzene rings is 1. The van der Waals surface area contributed by atoms with Crippen molar-refractivity contribution < 1.29 is 9.72 Å². The second kappa shape index (κ2) is 6.26. The summed E-state index contributed by atoms with van der Waals surface area (Å²) in [6.45, 7) is 6.41. The van der Waals surface area contributed by atoms with Crippen molar-refractivity contribution in [2.24, 2.45) is 10.9 Å². The van der Waals surface area contributed by atoms with Crippen molar-refractivity contribution in [1.29, 1.82) is 0 Å². The third kappa shape index (κ3) is 3.60. The average molecular weight is 307 g/mol. The predicted octanol–water partition coefficient (Wildman–Crippen LogP) is 3.12. The zero-order chi connectivity index (χ0) is 15.6. The fourth-order valence-electron chi connectivity index (χ4n) is 2.05. The molecule has 1 fully saturated rings. The van der Waals surface area contributed by atoms with E-state index in [-0.39, 0.29) is 11.6 Å². The van der Waals surface area contributed by atoms with Gasteiger partial charge in [0.25, 0.3) is 5.69 Å². The molecule has 0 aliphatic carbocycles.